The second-order valence-corrected chi connectivity index (χ2v) is 3.85. The van der Waals surface area contributed by atoms with Crippen LogP contribution >= 0.6 is 0 Å². The molecule has 0 atom stereocenters. The molecule has 0 spiro atoms. The number of guanidine groups is 1. The first-order valence-electron chi connectivity index (χ1n) is 5.39. The van der Waals surface area contributed by atoms with Gasteiger partial charge in [-0.3, -0.25) is 5.41 Å². The van der Waals surface area contributed by atoms with Gasteiger partial charge in [-0.1, -0.05) is 32.1 Å². The molecule has 0 bridgehead atoms. The van der Waals surface area contributed by atoms with Crippen LogP contribution in [0, 0.1) is 5.41 Å². The summed E-state index contributed by atoms with van der Waals surface area (Å²) in [6.07, 6.45) is 9.07. The fourth-order valence-corrected chi connectivity index (χ4v) is 1.84. The maximum atomic E-state index is 7.39. The Hall–Kier alpha value is -0.730. The lowest BCUT2D eigenvalue weighted by atomic mass is 10.1. The maximum absolute atomic E-state index is 7.39. The minimum absolute atomic E-state index is 0.251. The molecular weight excluding hydrogens is 162 g/mol. The van der Waals surface area contributed by atoms with Crippen LogP contribution in [0.15, 0.2) is 0 Å². The third kappa shape index (κ3) is 4.15. The minimum atomic E-state index is 0.251. The van der Waals surface area contributed by atoms with Crippen molar-refractivity contribution in [1.82, 2.24) is 4.90 Å². The molecule has 3 nitrogen and oxygen atoms in total. The molecule has 0 aromatic heterocycles. The minimum Gasteiger partial charge on any atom is -0.370 e. The molecule has 1 aliphatic heterocycles. The van der Waals surface area contributed by atoms with Gasteiger partial charge in [0.2, 0.25) is 0 Å². The highest BCUT2D eigenvalue weighted by Gasteiger charge is 2.06. The summed E-state index contributed by atoms with van der Waals surface area (Å²) < 4.78 is 0. The Balaban J connectivity index is 2.30. The second kappa shape index (κ2) is 5.84. The molecule has 13 heavy (non-hydrogen) atoms. The molecule has 1 rings (SSSR count). The first kappa shape index (κ1) is 10.4. The monoisotopic (exact) mass is 183 g/mol. The highest BCUT2D eigenvalue weighted by molar-refractivity contribution is 5.74. The normalized spacial score (nSPS) is 21.1. The molecule has 3 N–H and O–H groups in total. The molecular formula is C10H21N3. The predicted octanol–water partition coefficient (Wildman–Crippen LogP) is 1.93. The van der Waals surface area contributed by atoms with Gasteiger partial charge in [-0.25, -0.2) is 0 Å². The summed E-state index contributed by atoms with van der Waals surface area (Å²) in [7, 11) is 0. The Kier molecular flexibility index (Phi) is 4.65. The average Bonchev–Trinajstić information content (AvgIpc) is 2.14. The van der Waals surface area contributed by atoms with Crippen LogP contribution < -0.4 is 5.73 Å². The number of hydrogen-bond donors (Lipinski definition) is 2. The first-order chi connectivity index (χ1) is 6.30. The van der Waals surface area contributed by atoms with Gasteiger partial charge in [-0.15, -0.1) is 0 Å². The van der Waals surface area contributed by atoms with Crippen molar-refractivity contribution in [2.75, 3.05) is 13.1 Å². The van der Waals surface area contributed by atoms with Gasteiger partial charge in [0, 0.05) is 13.1 Å². The van der Waals surface area contributed by atoms with Crippen LogP contribution in [0.2, 0.25) is 0 Å². The summed E-state index contributed by atoms with van der Waals surface area (Å²) in [5.74, 6) is 0.251. The molecule has 1 saturated heterocycles. The highest BCUT2D eigenvalue weighted by Crippen LogP contribution is 2.11. The third-order valence-electron chi connectivity index (χ3n) is 2.70. The number of hydrogen-bond acceptors (Lipinski definition) is 1. The molecule has 0 unspecified atom stereocenters. The van der Waals surface area contributed by atoms with Gasteiger partial charge in [-0.05, 0) is 12.8 Å². The van der Waals surface area contributed by atoms with E-state index in [1.165, 1.54) is 44.9 Å². The van der Waals surface area contributed by atoms with E-state index in [9.17, 15) is 0 Å². The molecule has 0 amide bonds. The highest BCUT2D eigenvalue weighted by atomic mass is 15.2. The van der Waals surface area contributed by atoms with Crippen molar-refractivity contribution in [3.05, 3.63) is 0 Å². The zero-order valence-electron chi connectivity index (χ0n) is 8.39. The number of nitrogens with one attached hydrogen (secondary N) is 1. The molecule has 0 radical (unpaired) electrons. The SMILES string of the molecule is N=C(N)N1CCCCCCCCC1. The number of rotatable bonds is 0. The fourth-order valence-electron chi connectivity index (χ4n) is 1.84. The molecule has 0 aromatic carbocycles. The van der Waals surface area contributed by atoms with E-state index >= 15 is 0 Å². The van der Waals surface area contributed by atoms with E-state index in [4.69, 9.17) is 11.1 Å². The van der Waals surface area contributed by atoms with Crippen LogP contribution in [0.1, 0.15) is 44.9 Å². The van der Waals surface area contributed by atoms with Crippen molar-refractivity contribution < 1.29 is 0 Å². The van der Waals surface area contributed by atoms with E-state index in [-0.39, 0.29) is 5.96 Å². The summed E-state index contributed by atoms with van der Waals surface area (Å²) >= 11 is 0. The summed E-state index contributed by atoms with van der Waals surface area (Å²) in [5.41, 5.74) is 5.49. The van der Waals surface area contributed by atoms with E-state index in [0.29, 0.717) is 0 Å². The van der Waals surface area contributed by atoms with Crippen LogP contribution in [-0.2, 0) is 0 Å². The van der Waals surface area contributed by atoms with Crippen molar-refractivity contribution >= 4 is 5.96 Å². The lowest BCUT2D eigenvalue weighted by molar-refractivity contribution is 0.367. The van der Waals surface area contributed by atoms with Crippen molar-refractivity contribution in [2.45, 2.75) is 44.9 Å². The smallest absolute Gasteiger partial charge is 0.188 e. The van der Waals surface area contributed by atoms with E-state index in [0.717, 1.165) is 13.1 Å². The van der Waals surface area contributed by atoms with Crippen LogP contribution in [0.4, 0.5) is 0 Å². The number of nitrogens with zero attached hydrogens (tertiary/aromatic N) is 1. The van der Waals surface area contributed by atoms with Crippen LogP contribution in [0.25, 0.3) is 0 Å². The van der Waals surface area contributed by atoms with Gasteiger partial charge in [0.1, 0.15) is 0 Å². The van der Waals surface area contributed by atoms with Crippen LogP contribution in [0.3, 0.4) is 0 Å². The Bertz CT molecular complexity index is 146. The topological polar surface area (TPSA) is 53.1 Å². The van der Waals surface area contributed by atoms with E-state index < -0.39 is 0 Å². The Morgan fingerprint density at radius 1 is 0.846 bits per heavy atom. The predicted molar refractivity (Wildman–Crippen MR) is 55.8 cm³/mol. The molecule has 1 aliphatic rings. The third-order valence-corrected chi connectivity index (χ3v) is 2.70. The van der Waals surface area contributed by atoms with Crippen molar-refractivity contribution in [1.29, 1.82) is 5.41 Å². The van der Waals surface area contributed by atoms with Gasteiger partial charge in [0.15, 0.2) is 5.96 Å². The zero-order valence-corrected chi connectivity index (χ0v) is 8.39. The van der Waals surface area contributed by atoms with Crippen LogP contribution in [0.5, 0.6) is 0 Å². The van der Waals surface area contributed by atoms with E-state index in [1.807, 2.05) is 4.90 Å². The van der Waals surface area contributed by atoms with Crippen LogP contribution in [-0.4, -0.2) is 23.9 Å². The van der Waals surface area contributed by atoms with Crippen molar-refractivity contribution in [3.63, 3.8) is 0 Å². The first-order valence-corrected chi connectivity index (χ1v) is 5.39. The molecule has 76 valence electrons. The molecule has 3 heteroatoms. The molecule has 1 heterocycles. The quantitative estimate of drug-likeness (QED) is 0.445. The van der Waals surface area contributed by atoms with Gasteiger partial charge in [0.05, 0.1) is 0 Å². The maximum Gasteiger partial charge on any atom is 0.188 e. The molecule has 0 aromatic rings. The molecule has 0 saturated carbocycles. The standard InChI is InChI=1S/C10H21N3/c11-10(12)13-8-6-4-2-1-3-5-7-9-13/h1-9H2,(H3,11,12). The lowest BCUT2D eigenvalue weighted by Gasteiger charge is -2.23. The van der Waals surface area contributed by atoms with E-state index in [2.05, 4.69) is 0 Å². The Labute approximate surface area is 80.8 Å². The second-order valence-electron chi connectivity index (χ2n) is 3.85. The average molecular weight is 183 g/mol. The Morgan fingerprint density at radius 3 is 1.62 bits per heavy atom. The van der Waals surface area contributed by atoms with Crippen molar-refractivity contribution in [3.8, 4) is 0 Å². The van der Waals surface area contributed by atoms with E-state index in [1.54, 1.807) is 0 Å². The summed E-state index contributed by atoms with van der Waals surface area (Å²) in [5, 5.41) is 7.39. The number of nitrogens with two attached hydrogens (primary N) is 1. The Morgan fingerprint density at radius 2 is 1.23 bits per heavy atom. The summed E-state index contributed by atoms with van der Waals surface area (Å²) in [6, 6.07) is 0. The largest absolute Gasteiger partial charge is 0.370 e. The van der Waals surface area contributed by atoms with Gasteiger partial charge >= 0.3 is 0 Å². The van der Waals surface area contributed by atoms with Gasteiger partial charge in [-0.2, -0.15) is 0 Å². The fraction of sp³-hybridized carbons (Fsp3) is 0.900. The van der Waals surface area contributed by atoms with Gasteiger partial charge < -0.3 is 10.6 Å². The molecule has 1 fully saturated rings. The zero-order chi connectivity index (χ0) is 9.52. The van der Waals surface area contributed by atoms with Gasteiger partial charge in [0.25, 0.3) is 0 Å². The molecule has 0 aliphatic carbocycles. The van der Waals surface area contributed by atoms with Crippen molar-refractivity contribution in [2.24, 2.45) is 5.73 Å². The summed E-state index contributed by atoms with van der Waals surface area (Å²) in [4.78, 5) is 2.01. The lowest BCUT2D eigenvalue weighted by Crippen LogP contribution is -2.38. The summed E-state index contributed by atoms with van der Waals surface area (Å²) in [6.45, 7) is 1.96.